The molecule has 0 aliphatic carbocycles. The smallest absolute Gasteiger partial charge is 0.194 e. The van der Waals surface area contributed by atoms with Gasteiger partial charge >= 0.3 is 0 Å². The molecule has 146 valence electrons. The molecule has 1 N–H and O–H groups in total. The van der Waals surface area contributed by atoms with Crippen LogP contribution < -0.4 is 10.2 Å². The van der Waals surface area contributed by atoms with Crippen LogP contribution in [0.4, 0.5) is 5.82 Å². The van der Waals surface area contributed by atoms with E-state index in [1.54, 1.807) is 6.26 Å². The van der Waals surface area contributed by atoms with Crippen molar-refractivity contribution in [2.75, 3.05) is 51.7 Å². The minimum absolute atomic E-state index is 0.614. The van der Waals surface area contributed by atoms with E-state index in [0.717, 1.165) is 62.3 Å². The number of pyridine rings is 1. The van der Waals surface area contributed by atoms with Gasteiger partial charge in [-0.3, -0.25) is 4.90 Å². The third-order valence-electron chi connectivity index (χ3n) is 4.57. The quantitative estimate of drug-likeness (QED) is 0.608. The van der Waals surface area contributed by atoms with Gasteiger partial charge < -0.3 is 19.6 Å². The number of hydrogen-bond acceptors (Lipinski definition) is 6. The summed E-state index contributed by atoms with van der Waals surface area (Å²) in [6, 6.07) is 5.98. The zero-order chi connectivity index (χ0) is 19.1. The maximum atomic E-state index is 4.92. The van der Waals surface area contributed by atoms with Gasteiger partial charge in [0, 0.05) is 71.2 Å². The van der Waals surface area contributed by atoms with E-state index in [-0.39, 0.29) is 0 Å². The molecular formula is C19H29N7O. The first-order chi connectivity index (χ1) is 13.2. The first-order valence-corrected chi connectivity index (χ1v) is 9.43. The summed E-state index contributed by atoms with van der Waals surface area (Å²) in [5, 5.41) is 7.43. The summed E-state index contributed by atoms with van der Waals surface area (Å²) in [7, 11) is 4.02. The van der Waals surface area contributed by atoms with Crippen LogP contribution >= 0.6 is 0 Å². The Labute approximate surface area is 160 Å². The van der Waals surface area contributed by atoms with Crippen LogP contribution in [0.2, 0.25) is 0 Å². The minimum atomic E-state index is 0.614. The van der Waals surface area contributed by atoms with E-state index < -0.39 is 0 Å². The molecule has 0 amide bonds. The zero-order valence-electron chi connectivity index (χ0n) is 16.4. The Bertz CT molecular complexity index is 721. The number of hydrogen-bond donors (Lipinski definition) is 1. The normalized spacial score (nSPS) is 15.8. The standard InChI is InChI=1S/C19H29N7O/c1-4-20-19(22-14-16-6-5-8-21-18(16)24(2)3)26-11-9-25(10-12-26)15-17-7-13-27-23-17/h5-8,13H,4,9-12,14-15H2,1-3H3,(H,20,22). The van der Waals surface area contributed by atoms with E-state index in [4.69, 9.17) is 9.52 Å². The predicted octanol–water partition coefficient (Wildman–Crippen LogP) is 1.42. The first-order valence-electron chi connectivity index (χ1n) is 9.43. The van der Waals surface area contributed by atoms with Crippen LogP contribution in [-0.2, 0) is 13.1 Å². The van der Waals surface area contributed by atoms with Crippen molar-refractivity contribution in [3.8, 4) is 0 Å². The van der Waals surface area contributed by atoms with Gasteiger partial charge in [0.25, 0.3) is 0 Å². The largest absolute Gasteiger partial charge is 0.364 e. The molecule has 3 rings (SSSR count). The van der Waals surface area contributed by atoms with Crippen molar-refractivity contribution in [3.05, 3.63) is 41.9 Å². The van der Waals surface area contributed by atoms with E-state index in [0.29, 0.717) is 6.54 Å². The minimum Gasteiger partial charge on any atom is -0.364 e. The number of rotatable bonds is 6. The Morgan fingerprint density at radius 1 is 1.26 bits per heavy atom. The van der Waals surface area contributed by atoms with Crippen molar-refractivity contribution >= 4 is 11.8 Å². The van der Waals surface area contributed by atoms with E-state index in [2.05, 4.69) is 38.2 Å². The SMILES string of the molecule is CCNC(=NCc1cccnc1N(C)C)N1CCN(Cc2ccon2)CC1. The van der Waals surface area contributed by atoms with Crippen molar-refractivity contribution < 1.29 is 4.52 Å². The Morgan fingerprint density at radius 2 is 2.07 bits per heavy atom. The molecule has 0 unspecified atom stereocenters. The van der Waals surface area contributed by atoms with Crippen LogP contribution in [0.25, 0.3) is 0 Å². The second-order valence-electron chi connectivity index (χ2n) is 6.80. The molecular weight excluding hydrogens is 342 g/mol. The lowest BCUT2D eigenvalue weighted by Crippen LogP contribution is -2.52. The van der Waals surface area contributed by atoms with Crippen molar-refractivity contribution in [3.63, 3.8) is 0 Å². The monoisotopic (exact) mass is 371 g/mol. The highest BCUT2D eigenvalue weighted by atomic mass is 16.5. The average Bonchev–Trinajstić information content (AvgIpc) is 3.19. The van der Waals surface area contributed by atoms with Gasteiger partial charge in [-0.2, -0.15) is 0 Å². The van der Waals surface area contributed by atoms with E-state index in [1.807, 2.05) is 37.3 Å². The fourth-order valence-corrected chi connectivity index (χ4v) is 3.21. The van der Waals surface area contributed by atoms with Gasteiger partial charge in [0.1, 0.15) is 12.1 Å². The van der Waals surface area contributed by atoms with Gasteiger partial charge in [0.05, 0.1) is 12.2 Å². The van der Waals surface area contributed by atoms with Gasteiger partial charge in [-0.15, -0.1) is 0 Å². The lowest BCUT2D eigenvalue weighted by molar-refractivity contribution is 0.169. The molecule has 0 aromatic carbocycles. The molecule has 8 nitrogen and oxygen atoms in total. The molecule has 0 spiro atoms. The van der Waals surface area contributed by atoms with Gasteiger partial charge in [-0.05, 0) is 13.0 Å². The Balaban J connectivity index is 1.61. The van der Waals surface area contributed by atoms with Crippen LogP contribution in [0.1, 0.15) is 18.2 Å². The van der Waals surface area contributed by atoms with Crippen LogP contribution in [0.3, 0.4) is 0 Å². The second-order valence-corrected chi connectivity index (χ2v) is 6.80. The first kappa shape index (κ1) is 19.2. The number of nitrogens with zero attached hydrogens (tertiary/aromatic N) is 6. The molecule has 1 saturated heterocycles. The molecule has 0 radical (unpaired) electrons. The summed E-state index contributed by atoms with van der Waals surface area (Å²) >= 11 is 0. The molecule has 0 saturated carbocycles. The lowest BCUT2D eigenvalue weighted by atomic mass is 10.2. The average molecular weight is 371 g/mol. The van der Waals surface area contributed by atoms with Gasteiger partial charge in [0.15, 0.2) is 5.96 Å². The lowest BCUT2D eigenvalue weighted by Gasteiger charge is -2.36. The molecule has 2 aromatic rings. The van der Waals surface area contributed by atoms with Gasteiger partial charge in [-0.25, -0.2) is 9.98 Å². The molecule has 0 atom stereocenters. The van der Waals surface area contributed by atoms with Crippen LogP contribution in [0.15, 0.2) is 40.2 Å². The Hall–Kier alpha value is -2.61. The summed E-state index contributed by atoms with van der Waals surface area (Å²) < 4.78 is 4.92. The van der Waals surface area contributed by atoms with E-state index in [9.17, 15) is 0 Å². The van der Waals surface area contributed by atoms with Crippen molar-refractivity contribution in [1.82, 2.24) is 25.3 Å². The van der Waals surface area contributed by atoms with E-state index >= 15 is 0 Å². The third kappa shape index (κ3) is 5.19. The summed E-state index contributed by atoms with van der Waals surface area (Å²) in [4.78, 5) is 16.1. The molecule has 1 fully saturated rings. The number of nitrogens with one attached hydrogen (secondary N) is 1. The summed E-state index contributed by atoms with van der Waals surface area (Å²) in [5.74, 6) is 1.93. The number of aliphatic imine (C=N–C) groups is 1. The molecule has 3 heterocycles. The summed E-state index contributed by atoms with van der Waals surface area (Å²) in [6.07, 6.45) is 3.45. The van der Waals surface area contributed by atoms with Crippen LogP contribution in [0.5, 0.6) is 0 Å². The zero-order valence-corrected chi connectivity index (χ0v) is 16.4. The maximum Gasteiger partial charge on any atom is 0.194 e. The number of anilines is 1. The molecule has 1 aliphatic heterocycles. The van der Waals surface area contributed by atoms with Crippen molar-refractivity contribution in [2.45, 2.75) is 20.0 Å². The highest BCUT2D eigenvalue weighted by Crippen LogP contribution is 2.16. The van der Waals surface area contributed by atoms with Crippen molar-refractivity contribution in [1.29, 1.82) is 0 Å². The number of guanidine groups is 1. The second kappa shape index (κ2) is 9.36. The maximum absolute atomic E-state index is 4.92. The molecule has 8 heteroatoms. The van der Waals surface area contributed by atoms with Crippen molar-refractivity contribution in [2.24, 2.45) is 4.99 Å². The fourth-order valence-electron chi connectivity index (χ4n) is 3.21. The summed E-state index contributed by atoms with van der Waals surface area (Å²) in [5.41, 5.74) is 2.11. The van der Waals surface area contributed by atoms with Gasteiger partial charge in [-0.1, -0.05) is 11.2 Å². The van der Waals surface area contributed by atoms with E-state index in [1.165, 1.54) is 0 Å². The van der Waals surface area contributed by atoms with Gasteiger partial charge in [0.2, 0.25) is 0 Å². The Kier molecular flexibility index (Phi) is 6.64. The number of piperazine rings is 1. The molecule has 27 heavy (non-hydrogen) atoms. The molecule has 2 aromatic heterocycles. The molecule has 0 bridgehead atoms. The number of aromatic nitrogens is 2. The van der Waals surface area contributed by atoms with Crippen LogP contribution in [-0.4, -0.2) is 72.7 Å². The highest BCUT2D eigenvalue weighted by Gasteiger charge is 2.20. The predicted molar refractivity (Wildman–Crippen MR) is 107 cm³/mol. The Morgan fingerprint density at radius 3 is 2.74 bits per heavy atom. The fraction of sp³-hybridized carbons (Fsp3) is 0.526. The summed E-state index contributed by atoms with van der Waals surface area (Å²) in [6.45, 7) is 8.24. The molecule has 1 aliphatic rings. The van der Waals surface area contributed by atoms with Crippen LogP contribution in [0, 0.1) is 0 Å². The highest BCUT2D eigenvalue weighted by molar-refractivity contribution is 5.80. The third-order valence-corrected chi connectivity index (χ3v) is 4.57. The topological polar surface area (TPSA) is 73.0 Å².